The molecule has 1 aliphatic rings. The van der Waals surface area contributed by atoms with Gasteiger partial charge in [0, 0.05) is 5.69 Å². The highest BCUT2D eigenvalue weighted by Crippen LogP contribution is 2.18. The molecule has 17 heavy (non-hydrogen) atoms. The van der Waals surface area contributed by atoms with Crippen molar-refractivity contribution >= 4 is 22.4 Å². The molecular formula is C12H13NO3S. The summed E-state index contributed by atoms with van der Waals surface area (Å²) < 4.78 is 17.0. The van der Waals surface area contributed by atoms with Gasteiger partial charge in [0.15, 0.2) is 0 Å². The lowest BCUT2D eigenvalue weighted by molar-refractivity contribution is -0.112. The van der Waals surface area contributed by atoms with Gasteiger partial charge in [0.05, 0.1) is 23.2 Å². The van der Waals surface area contributed by atoms with Crippen molar-refractivity contribution in [3.63, 3.8) is 0 Å². The Hall–Kier alpha value is -1.62. The van der Waals surface area contributed by atoms with Crippen LogP contribution in [0.15, 0.2) is 41.0 Å². The Morgan fingerprint density at radius 1 is 1.35 bits per heavy atom. The van der Waals surface area contributed by atoms with Crippen molar-refractivity contribution in [1.29, 1.82) is 0 Å². The third-order valence-corrected chi connectivity index (χ3v) is 3.84. The fourth-order valence-electron chi connectivity index (χ4n) is 1.57. The Labute approximate surface area is 102 Å². The quantitative estimate of drug-likeness (QED) is 0.869. The monoisotopic (exact) mass is 251 g/mol. The van der Waals surface area contributed by atoms with Crippen molar-refractivity contribution in [2.24, 2.45) is 0 Å². The summed E-state index contributed by atoms with van der Waals surface area (Å²) in [6.07, 6.45) is 0. The highest BCUT2D eigenvalue weighted by molar-refractivity contribution is 7.90. The van der Waals surface area contributed by atoms with Crippen LogP contribution in [-0.4, -0.2) is 22.5 Å². The van der Waals surface area contributed by atoms with Crippen LogP contribution in [-0.2, 0) is 20.3 Å². The zero-order chi connectivity index (χ0) is 12.3. The normalized spacial score (nSPS) is 19.7. The molecule has 2 rings (SSSR count). The molecule has 0 saturated carbocycles. The minimum Gasteiger partial charge on any atom is -0.496 e. The summed E-state index contributed by atoms with van der Waals surface area (Å²) in [6.45, 7) is 2.07. The van der Waals surface area contributed by atoms with Gasteiger partial charge in [-0.2, -0.15) is 0 Å². The SMILES string of the molecule is CC1=C(C(=O)Nc2ccccc2)[S@@](=O)CCO1. The molecule has 0 radical (unpaired) electrons. The largest absolute Gasteiger partial charge is 0.496 e. The minimum atomic E-state index is -1.27. The molecule has 0 unspecified atom stereocenters. The van der Waals surface area contributed by atoms with E-state index in [1.54, 1.807) is 19.1 Å². The van der Waals surface area contributed by atoms with Crippen molar-refractivity contribution in [3.05, 3.63) is 41.0 Å². The maximum absolute atomic E-state index is 11.9. The van der Waals surface area contributed by atoms with Crippen LogP contribution >= 0.6 is 0 Å². The number of para-hydroxylation sites is 1. The smallest absolute Gasteiger partial charge is 0.268 e. The van der Waals surface area contributed by atoms with Crippen LogP contribution in [0.25, 0.3) is 0 Å². The summed E-state index contributed by atoms with van der Waals surface area (Å²) in [5.41, 5.74) is 0.681. The molecular weight excluding hydrogens is 238 g/mol. The number of carbonyl (C=O) groups is 1. The number of rotatable bonds is 2. The van der Waals surface area contributed by atoms with Gasteiger partial charge >= 0.3 is 0 Å². The van der Waals surface area contributed by atoms with Gasteiger partial charge in [-0.05, 0) is 19.1 Å². The van der Waals surface area contributed by atoms with Gasteiger partial charge in [0.1, 0.15) is 10.7 Å². The number of benzene rings is 1. The first kappa shape index (κ1) is 11.9. The van der Waals surface area contributed by atoms with Crippen LogP contribution in [0.1, 0.15) is 6.92 Å². The van der Waals surface area contributed by atoms with Crippen molar-refractivity contribution in [3.8, 4) is 0 Å². The van der Waals surface area contributed by atoms with E-state index in [0.717, 1.165) is 0 Å². The lowest BCUT2D eigenvalue weighted by Gasteiger charge is -2.17. The number of amides is 1. The molecule has 1 atom stereocenters. The average molecular weight is 251 g/mol. The van der Waals surface area contributed by atoms with E-state index in [1.807, 2.05) is 18.2 Å². The van der Waals surface area contributed by atoms with Crippen LogP contribution in [0, 0.1) is 0 Å². The maximum atomic E-state index is 11.9. The van der Waals surface area contributed by atoms with Crippen molar-refractivity contribution in [1.82, 2.24) is 0 Å². The summed E-state index contributed by atoms with van der Waals surface area (Å²) in [7, 11) is -1.27. The first-order valence-electron chi connectivity index (χ1n) is 5.27. The van der Waals surface area contributed by atoms with Gasteiger partial charge in [-0.1, -0.05) is 18.2 Å². The molecule has 4 nitrogen and oxygen atoms in total. The van der Waals surface area contributed by atoms with Crippen LogP contribution in [0.5, 0.6) is 0 Å². The molecule has 1 aliphatic heterocycles. The predicted molar refractivity (Wildman–Crippen MR) is 66.7 cm³/mol. The molecule has 0 saturated heterocycles. The van der Waals surface area contributed by atoms with E-state index < -0.39 is 10.8 Å². The summed E-state index contributed by atoms with van der Waals surface area (Å²) in [6, 6.07) is 9.07. The lowest BCUT2D eigenvalue weighted by Crippen LogP contribution is -2.25. The first-order chi connectivity index (χ1) is 8.18. The third-order valence-electron chi connectivity index (χ3n) is 2.37. The molecule has 0 bridgehead atoms. The highest BCUT2D eigenvalue weighted by Gasteiger charge is 2.24. The van der Waals surface area contributed by atoms with Crippen LogP contribution in [0.3, 0.4) is 0 Å². The van der Waals surface area contributed by atoms with E-state index in [2.05, 4.69) is 5.32 Å². The topological polar surface area (TPSA) is 55.4 Å². The molecule has 1 N–H and O–H groups in total. The predicted octanol–water partition coefficient (Wildman–Crippen LogP) is 1.64. The molecule has 0 fully saturated rings. The van der Waals surface area contributed by atoms with E-state index in [4.69, 9.17) is 4.74 Å². The molecule has 1 aromatic rings. The fourth-order valence-corrected chi connectivity index (χ4v) is 2.65. The van der Waals surface area contributed by atoms with E-state index >= 15 is 0 Å². The van der Waals surface area contributed by atoms with Crippen LogP contribution in [0.2, 0.25) is 0 Å². The molecule has 1 aromatic carbocycles. The average Bonchev–Trinajstić information content (AvgIpc) is 2.30. The standard InChI is InChI=1S/C12H13NO3S/c1-9-11(17(15)8-7-16-9)12(14)13-10-5-3-2-4-6-10/h2-6H,7-8H2,1H3,(H,13,14)/t17-/m0/s1. The van der Waals surface area contributed by atoms with Crippen molar-refractivity contribution in [2.75, 3.05) is 17.7 Å². The van der Waals surface area contributed by atoms with Crippen LogP contribution < -0.4 is 5.32 Å². The molecule has 90 valence electrons. The molecule has 0 spiro atoms. The zero-order valence-corrected chi connectivity index (χ0v) is 10.3. The van der Waals surface area contributed by atoms with Gasteiger partial charge in [-0.3, -0.25) is 9.00 Å². The maximum Gasteiger partial charge on any atom is 0.268 e. The zero-order valence-electron chi connectivity index (χ0n) is 9.43. The van der Waals surface area contributed by atoms with Gasteiger partial charge in [0.2, 0.25) is 0 Å². The lowest BCUT2D eigenvalue weighted by atomic mass is 10.3. The molecule has 1 amide bonds. The Bertz CT molecular complexity index is 482. The summed E-state index contributed by atoms with van der Waals surface area (Å²) in [4.78, 5) is 12.2. The molecule has 0 aromatic heterocycles. The summed E-state index contributed by atoms with van der Waals surface area (Å²) >= 11 is 0. The van der Waals surface area contributed by atoms with Gasteiger partial charge in [0.25, 0.3) is 5.91 Å². The number of ether oxygens (including phenoxy) is 1. The Balaban J connectivity index is 2.18. The number of anilines is 1. The first-order valence-corrected chi connectivity index (χ1v) is 6.59. The third kappa shape index (κ3) is 2.74. The second-order valence-electron chi connectivity index (χ2n) is 3.60. The molecule has 5 heteroatoms. The number of nitrogens with one attached hydrogen (secondary N) is 1. The number of hydrogen-bond donors (Lipinski definition) is 1. The van der Waals surface area contributed by atoms with E-state index in [9.17, 15) is 9.00 Å². The van der Waals surface area contributed by atoms with Crippen LogP contribution in [0.4, 0.5) is 5.69 Å². The molecule has 0 aliphatic carbocycles. The van der Waals surface area contributed by atoms with Gasteiger partial charge < -0.3 is 10.1 Å². The number of allylic oxidation sites excluding steroid dienone is 1. The van der Waals surface area contributed by atoms with Gasteiger partial charge in [-0.25, -0.2) is 0 Å². The second kappa shape index (κ2) is 5.14. The minimum absolute atomic E-state index is 0.236. The summed E-state index contributed by atoms with van der Waals surface area (Å²) in [5.74, 6) is 0.462. The van der Waals surface area contributed by atoms with Gasteiger partial charge in [-0.15, -0.1) is 0 Å². The number of hydrogen-bond acceptors (Lipinski definition) is 3. The fraction of sp³-hybridized carbons (Fsp3) is 0.250. The molecule has 1 heterocycles. The Kier molecular flexibility index (Phi) is 3.58. The Morgan fingerprint density at radius 2 is 2.06 bits per heavy atom. The van der Waals surface area contributed by atoms with E-state index in [1.165, 1.54) is 0 Å². The number of carbonyl (C=O) groups excluding carboxylic acids is 1. The second-order valence-corrected chi connectivity index (χ2v) is 5.11. The summed E-state index contributed by atoms with van der Waals surface area (Å²) in [5, 5.41) is 2.70. The van der Waals surface area contributed by atoms with Crippen molar-refractivity contribution in [2.45, 2.75) is 6.92 Å². The van der Waals surface area contributed by atoms with E-state index in [0.29, 0.717) is 23.8 Å². The van der Waals surface area contributed by atoms with Crippen molar-refractivity contribution < 1.29 is 13.7 Å². The highest BCUT2D eigenvalue weighted by atomic mass is 32.2. The van der Waals surface area contributed by atoms with E-state index in [-0.39, 0.29) is 10.8 Å². The Morgan fingerprint density at radius 3 is 2.71 bits per heavy atom.